The van der Waals surface area contributed by atoms with Crippen molar-refractivity contribution in [2.75, 3.05) is 0 Å². The predicted molar refractivity (Wildman–Crippen MR) is 83.0 cm³/mol. The van der Waals surface area contributed by atoms with Crippen LogP contribution in [0.15, 0.2) is 54.6 Å². The van der Waals surface area contributed by atoms with Crippen LogP contribution in [0.4, 0.5) is 10.1 Å². The molecule has 116 valence electrons. The van der Waals surface area contributed by atoms with E-state index in [4.69, 9.17) is 0 Å². The monoisotopic (exact) mass is 312 g/mol. The second kappa shape index (κ2) is 6.00. The Hall–Kier alpha value is -3.02. The third kappa shape index (κ3) is 3.26. The molecule has 1 unspecified atom stereocenters. The molecule has 0 spiro atoms. The molecule has 0 saturated heterocycles. The summed E-state index contributed by atoms with van der Waals surface area (Å²) < 4.78 is 13.0. The maximum atomic E-state index is 13.0. The van der Waals surface area contributed by atoms with Crippen molar-refractivity contribution in [2.45, 2.75) is 12.3 Å². The van der Waals surface area contributed by atoms with E-state index < -0.39 is 4.92 Å². The first-order chi connectivity index (χ1) is 11.0. The highest BCUT2D eigenvalue weighted by molar-refractivity contribution is 5.90. The topological polar surface area (TPSA) is 72.2 Å². The zero-order valence-electron chi connectivity index (χ0n) is 12.0. The lowest BCUT2D eigenvalue weighted by atomic mass is 9.90. The van der Waals surface area contributed by atoms with Gasteiger partial charge in [0.25, 0.3) is 5.69 Å². The fraction of sp³-hybridized carbons (Fsp3) is 0.118. The fourth-order valence-electron chi connectivity index (χ4n) is 2.58. The number of nitro benzene ring substituents is 1. The SMILES string of the molecule is O=C1CC(c2ccc(F)cc2)C=C(c2cccc([N+](=O)[O-])c2)N1. The molecule has 0 bridgehead atoms. The number of benzene rings is 2. The largest absolute Gasteiger partial charge is 0.326 e. The van der Waals surface area contributed by atoms with Crippen LogP contribution in [0.2, 0.25) is 0 Å². The van der Waals surface area contributed by atoms with Crippen LogP contribution in [-0.2, 0) is 4.79 Å². The number of hydrogen-bond acceptors (Lipinski definition) is 3. The molecule has 3 rings (SSSR count). The van der Waals surface area contributed by atoms with Crippen molar-refractivity contribution in [3.8, 4) is 0 Å². The second-order valence-electron chi connectivity index (χ2n) is 5.30. The van der Waals surface area contributed by atoms with Gasteiger partial charge in [-0.3, -0.25) is 14.9 Å². The number of hydrogen-bond donors (Lipinski definition) is 1. The first-order valence-corrected chi connectivity index (χ1v) is 7.05. The second-order valence-corrected chi connectivity index (χ2v) is 5.30. The Balaban J connectivity index is 1.97. The van der Waals surface area contributed by atoms with Crippen LogP contribution in [0.5, 0.6) is 0 Å². The number of non-ortho nitro benzene ring substituents is 1. The summed E-state index contributed by atoms with van der Waals surface area (Å²) in [5.74, 6) is -0.709. The van der Waals surface area contributed by atoms with Crippen molar-refractivity contribution >= 4 is 17.3 Å². The molecule has 1 aliphatic heterocycles. The molecule has 1 atom stereocenters. The van der Waals surface area contributed by atoms with Gasteiger partial charge in [-0.15, -0.1) is 0 Å². The number of allylic oxidation sites excluding steroid dienone is 1. The molecule has 1 heterocycles. The summed E-state index contributed by atoms with van der Waals surface area (Å²) in [7, 11) is 0. The Morgan fingerprint density at radius 1 is 1.17 bits per heavy atom. The van der Waals surface area contributed by atoms with Gasteiger partial charge < -0.3 is 5.32 Å². The smallest absolute Gasteiger partial charge is 0.270 e. The zero-order valence-corrected chi connectivity index (χ0v) is 12.0. The molecule has 0 radical (unpaired) electrons. The van der Waals surface area contributed by atoms with Crippen molar-refractivity contribution in [1.29, 1.82) is 0 Å². The molecular formula is C17H13FN2O3. The summed E-state index contributed by atoms with van der Waals surface area (Å²) in [6.07, 6.45) is 2.09. The fourth-order valence-corrected chi connectivity index (χ4v) is 2.58. The maximum absolute atomic E-state index is 13.0. The minimum absolute atomic E-state index is 0.0402. The Kier molecular flexibility index (Phi) is 3.89. The lowest BCUT2D eigenvalue weighted by Gasteiger charge is -2.22. The molecule has 1 aliphatic rings. The number of nitrogens with zero attached hydrogens (tertiary/aromatic N) is 1. The molecule has 0 fully saturated rings. The molecule has 2 aromatic rings. The van der Waals surface area contributed by atoms with E-state index in [1.165, 1.54) is 24.3 Å². The molecule has 6 heteroatoms. The van der Waals surface area contributed by atoms with E-state index in [0.29, 0.717) is 11.3 Å². The lowest BCUT2D eigenvalue weighted by Crippen LogP contribution is -2.28. The van der Waals surface area contributed by atoms with E-state index in [0.717, 1.165) is 5.56 Å². The van der Waals surface area contributed by atoms with Crippen molar-refractivity contribution < 1.29 is 14.1 Å². The van der Waals surface area contributed by atoms with Gasteiger partial charge in [0.2, 0.25) is 5.91 Å². The number of carbonyl (C=O) groups excluding carboxylic acids is 1. The normalized spacial score (nSPS) is 17.3. The molecule has 23 heavy (non-hydrogen) atoms. The lowest BCUT2D eigenvalue weighted by molar-refractivity contribution is -0.384. The van der Waals surface area contributed by atoms with Gasteiger partial charge in [-0.05, 0) is 17.7 Å². The van der Waals surface area contributed by atoms with Crippen molar-refractivity contribution in [3.05, 3.63) is 81.7 Å². The number of carbonyl (C=O) groups is 1. The van der Waals surface area contributed by atoms with Crippen LogP contribution in [0, 0.1) is 15.9 Å². The first-order valence-electron chi connectivity index (χ1n) is 7.05. The average molecular weight is 312 g/mol. The Morgan fingerprint density at radius 3 is 2.61 bits per heavy atom. The zero-order chi connectivity index (χ0) is 16.4. The number of halogens is 1. The summed E-state index contributed by atoms with van der Waals surface area (Å²) in [6.45, 7) is 0. The standard InChI is InChI=1S/C17H13FN2O3/c18-14-6-4-11(5-7-14)13-9-16(19-17(21)10-13)12-2-1-3-15(8-12)20(22)23/h1-9,13H,10H2,(H,19,21). The van der Waals surface area contributed by atoms with Gasteiger partial charge in [-0.25, -0.2) is 4.39 Å². The highest BCUT2D eigenvalue weighted by atomic mass is 19.1. The van der Waals surface area contributed by atoms with Gasteiger partial charge in [0.05, 0.1) is 4.92 Å². The van der Waals surface area contributed by atoms with E-state index in [9.17, 15) is 19.3 Å². The summed E-state index contributed by atoms with van der Waals surface area (Å²) in [4.78, 5) is 22.4. The first kappa shape index (κ1) is 14.9. The summed E-state index contributed by atoms with van der Waals surface area (Å²) in [6, 6.07) is 12.1. The van der Waals surface area contributed by atoms with E-state index in [2.05, 4.69) is 5.32 Å². The van der Waals surface area contributed by atoms with Crippen LogP contribution < -0.4 is 5.32 Å². The van der Waals surface area contributed by atoms with Crippen molar-refractivity contribution in [3.63, 3.8) is 0 Å². The third-order valence-electron chi connectivity index (χ3n) is 3.71. The summed E-state index contributed by atoms with van der Waals surface area (Å²) in [5.41, 5.74) is 1.88. The molecule has 1 N–H and O–H groups in total. The Bertz CT molecular complexity index is 800. The average Bonchev–Trinajstić information content (AvgIpc) is 2.55. The molecule has 0 aromatic heterocycles. The van der Waals surface area contributed by atoms with Crippen LogP contribution in [-0.4, -0.2) is 10.8 Å². The Morgan fingerprint density at radius 2 is 1.91 bits per heavy atom. The maximum Gasteiger partial charge on any atom is 0.270 e. The summed E-state index contributed by atoms with van der Waals surface area (Å²) in [5, 5.41) is 13.6. The van der Waals surface area contributed by atoms with Crippen LogP contribution in [0.1, 0.15) is 23.5 Å². The van der Waals surface area contributed by atoms with Gasteiger partial charge in [0.15, 0.2) is 0 Å². The quantitative estimate of drug-likeness (QED) is 0.697. The van der Waals surface area contributed by atoms with E-state index in [1.807, 2.05) is 6.08 Å². The molecule has 1 amide bonds. The summed E-state index contributed by atoms with van der Waals surface area (Å²) >= 11 is 0. The minimum atomic E-state index is -0.480. The van der Waals surface area contributed by atoms with E-state index >= 15 is 0 Å². The Labute approximate surface area is 131 Å². The molecule has 0 aliphatic carbocycles. The highest BCUT2D eigenvalue weighted by Crippen LogP contribution is 2.30. The van der Waals surface area contributed by atoms with Gasteiger partial charge >= 0.3 is 0 Å². The number of nitrogens with one attached hydrogen (secondary N) is 1. The molecule has 2 aromatic carbocycles. The van der Waals surface area contributed by atoms with Crippen LogP contribution in [0.3, 0.4) is 0 Å². The van der Waals surface area contributed by atoms with Crippen LogP contribution >= 0.6 is 0 Å². The van der Waals surface area contributed by atoms with Crippen LogP contribution in [0.25, 0.3) is 5.70 Å². The minimum Gasteiger partial charge on any atom is -0.326 e. The van der Waals surface area contributed by atoms with Crippen molar-refractivity contribution in [2.24, 2.45) is 0 Å². The number of rotatable bonds is 3. The highest BCUT2D eigenvalue weighted by Gasteiger charge is 2.22. The molecule has 5 nitrogen and oxygen atoms in total. The van der Waals surface area contributed by atoms with E-state index in [1.54, 1.807) is 24.3 Å². The third-order valence-corrected chi connectivity index (χ3v) is 3.71. The molecular weight excluding hydrogens is 299 g/mol. The van der Waals surface area contributed by atoms with Gasteiger partial charge in [-0.2, -0.15) is 0 Å². The van der Waals surface area contributed by atoms with Crippen molar-refractivity contribution in [1.82, 2.24) is 5.32 Å². The molecule has 0 saturated carbocycles. The van der Waals surface area contributed by atoms with Gasteiger partial charge in [0, 0.05) is 35.7 Å². The van der Waals surface area contributed by atoms with E-state index in [-0.39, 0.29) is 29.8 Å². The number of amides is 1. The number of nitro groups is 1. The predicted octanol–water partition coefficient (Wildman–Crippen LogP) is 3.38. The van der Waals surface area contributed by atoms with Gasteiger partial charge in [-0.1, -0.05) is 30.3 Å². The van der Waals surface area contributed by atoms with Gasteiger partial charge in [0.1, 0.15) is 5.82 Å².